The molecule has 2 aromatic heterocycles. The number of rotatable bonds is 5. The van der Waals surface area contributed by atoms with Gasteiger partial charge in [-0.3, -0.25) is 4.79 Å². The predicted molar refractivity (Wildman–Crippen MR) is 128 cm³/mol. The first kappa shape index (κ1) is 20.4. The van der Waals surface area contributed by atoms with E-state index in [1.54, 1.807) is 28.7 Å². The van der Waals surface area contributed by atoms with Gasteiger partial charge in [0.2, 0.25) is 0 Å². The Morgan fingerprint density at radius 1 is 1.12 bits per heavy atom. The minimum absolute atomic E-state index is 0.117. The topological polar surface area (TPSA) is 80.9 Å². The summed E-state index contributed by atoms with van der Waals surface area (Å²) in [6.45, 7) is 0.269. The standard InChI is InChI=1S/C24H15BrN2O4S/c25-17-9-10-20(31-13-14-5-7-15(8-6-14)23(29)30)16(11-17)12-21-22(28)27-19-4-2-1-3-18(19)26-24(27)32-21/h1-12H,13H2,(H,29,30)/b21-12+. The SMILES string of the molecule is O=C(O)c1ccc(COc2ccc(Br)cc2/C=c2/sc3nc4ccccc4n3c2=O)cc1. The van der Waals surface area contributed by atoms with Crippen LogP contribution >= 0.6 is 27.3 Å². The molecule has 8 heteroatoms. The summed E-state index contributed by atoms with van der Waals surface area (Å²) in [5, 5.41) is 9.03. The number of aromatic carboxylic acids is 1. The first-order chi connectivity index (χ1) is 15.5. The molecule has 0 radical (unpaired) electrons. The fraction of sp³-hybridized carbons (Fsp3) is 0.0417. The maximum atomic E-state index is 13.1. The van der Waals surface area contributed by atoms with Gasteiger partial charge in [-0.05, 0) is 54.1 Å². The van der Waals surface area contributed by atoms with Crippen LogP contribution in [-0.2, 0) is 6.61 Å². The summed E-state index contributed by atoms with van der Waals surface area (Å²) in [7, 11) is 0. The summed E-state index contributed by atoms with van der Waals surface area (Å²) in [5.41, 5.74) is 3.29. The van der Waals surface area contributed by atoms with E-state index in [2.05, 4.69) is 20.9 Å². The molecule has 0 amide bonds. The number of carboxylic acids is 1. The normalized spacial score (nSPS) is 12.0. The number of para-hydroxylation sites is 2. The Bertz CT molecular complexity index is 1590. The average Bonchev–Trinajstić information content (AvgIpc) is 3.29. The lowest BCUT2D eigenvalue weighted by atomic mass is 10.1. The lowest BCUT2D eigenvalue weighted by molar-refractivity contribution is 0.0697. The molecule has 32 heavy (non-hydrogen) atoms. The van der Waals surface area contributed by atoms with Crippen molar-refractivity contribution in [1.29, 1.82) is 0 Å². The van der Waals surface area contributed by atoms with Gasteiger partial charge in [-0.1, -0.05) is 51.5 Å². The number of ether oxygens (including phenoxy) is 1. The summed E-state index contributed by atoms with van der Waals surface area (Å²) in [6.07, 6.45) is 1.81. The van der Waals surface area contributed by atoms with Crippen molar-refractivity contribution in [2.24, 2.45) is 0 Å². The van der Waals surface area contributed by atoms with Gasteiger partial charge in [0.15, 0.2) is 4.96 Å². The molecule has 6 nitrogen and oxygen atoms in total. The monoisotopic (exact) mass is 506 g/mol. The maximum Gasteiger partial charge on any atom is 0.335 e. The summed E-state index contributed by atoms with van der Waals surface area (Å²) >= 11 is 4.82. The van der Waals surface area contributed by atoms with Gasteiger partial charge in [0.1, 0.15) is 12.4 Å². The number of carbonyl (C=O) groups is 1. The molecule has 0 aliphatic carbocycles. The van der Waals surface area contributed by atoms with Crippen molar-refractivity contribution in [2.75, 3.05) is 0 Å². The zero-order chi connectivity index (χ0) is 22.2. The molecule has 5 rings (SSSR count). The van der Waals surface area contributed by atoms with E-state index in [-0.39, 0.29) is 17.7 Å². The van der Waals surface area contributed by atoms with E-state index < -0.39 is 5.97 Å². The van der Waals surface area contributed by atoms with Crippen LogP contribution in [0.2, 0.25) is 0 Å². The van der Waals surface area contributed by atoms with Crippen LogP contribution in [0, 0.1) is 0 Å². The molecule has 0 fully saturated rings. The van der Waals surface area contributed by atoms with Crippen LogP contribution in [0.5, 0.6) is 5.75 Å². The van der Waals surface area contributed by atoms with Gasteiger partial charge in [-0.2, -0.15) is 0 Å². The molecule has 0 saturated carbocycles. The van der Waals surface area contributed by atoms with E-state index in [0.717, 1.165) is 26.6 Å². The Balaban J connectivity index is 1.51. The van der Waals surface area contributed by atoms with Crippen molar-refractivity contribution in [3.63, 3.8) is 0 Å². The van der Waals surface area contributed by atoms with Crippen molar-refractivity contribution in [1.82, 2.24) is 9.38 Å². The van der Waals surface area contributed by atoms with E-state index in [9.17, 15) is 9.59 Å². The van der Waals surface area contributed by atoms with Gasteiger partial charge in [0, 0.05) is 10.0 Å². The zero-order valence-electron chi connectivity index (χ0n) is 16.5. The highest BCUT2D eigenvalue weighted by Crippen LogP contribution is 2.25. The van der Waals surface area contributed by atoms with E-state index in [0.29, 0.717) is 15.2 Å². The second-order valence-electron chi connectivity index (χ2n) is 7.11. The van der Waals surface area contributed by atoms with Gasteiger partial charge >= 0.3 is 5.97 Å². The van der Waals surface area contributed by atoms with E-state index >= 15 is 0 Å². The number of nitrogens with zero attached hydrogens (tertiary/aromatic N) is 2. The van der Waals surface area contributed by atoms with E-state index in [4.69, 9.17) is 9.84 Å². The van der Waals surface area contributed by atoms with Gasteiger partial charge < -0.3 is 9.84 Å². The van der Waals surface area contributed by atoms with Crippen LogP contribution in [-0.4, -0.2) is 20.5 Å². The van der Waals surface area contributed by atoms with Crippen LogP contribution in [0.4, 0.5) is 0 Å². The number of imidazole rings is 1. The van der Waals surface area contributed by atoms with Crippen molar-refractivity contribution < 1.29 is 14.6 Å². The van der Waals surface area contributed by atoms with Crippen molar-refractivity contribution in [2.45, 2.75) is 6.61 Å². The number of aromatic nitrogens is 2. The molecule has 158 valence electrons. The molecule has 5 aromatic rings. The Kier molecular flexibility index (Phi) is 5.24. The minimum Gasteiger partial charge on any atom is -0.488 e. The van der Waals surface area contributed by atoms with Crippen LogP contribution < -0.4 is 14.8 Å². The average molecular weight is 507 g/mol. The Morgan fingerprint density at radius 3 is 2.69 bits per heavy atom. The van der Waals surface area contributed by atoms with Crippen LogP contribution in [0.25, 0.3) is 22.1 Å². The minimum atomic E-state index is -0.967. The molecular formula is C24H15BrN2O4S. The lowest BCUT2D eigenvalue weighted by Gasteiger charge is -2.10. The summed E-state index contributed by atoms with van der Waals surface area (Å²) in [4.78, 5) is 29.3. The van der Waals surface area contributed by atoms with E-state index in [1.165, 1.54) is 11.3 Å². The van der Waals surface area contributed by atoms with Gasteiger partial charge in [0.05, 0.1) is 21.1 Å². The second-order valence-corrected chi connectivity index (χ2v) is 9.03. The Labute approximate surface area is 194 Å². The third-order valence-electron chi connectivity index (χ3n) is 5.00. The predicted octanol–water partition coefficient (Wildman–Crippen LogP) is 4.50. The number of carboxylic acid groups (broad SMARTS) is 1. The number of halogens is 1. The highest BCUT2D eigenvalue weighted by molar-refractivity contribution is 9.10. The first-order valence-electron chi connectivity index (χ1n) is 9.66. The molecule has 0 bridgehead atoms. The quantitative estimate of drug-likeness (QED) is 0.379. The molecule has 1 N–H and O–H groups in total. The third kappa shape index (κ3) is 3.79. The third-order valence-corrected chi connectivity index (χ3v) is 6.46. The molecule has 2 heterocycles. The molecule has 0 saturated heterocycles. The maximum absolute atomic E-state index is 13.1. The molecule has 0 unspecified atom stereocenters. The number of fused-ring (bicyclic) bond motifs is 3. The molecule has 0 aliphatic heterocycles. The van der Waals surface area contributed by atoms with Crippen LogP contribution in [0.15, 0.2) is 76.0 Å². The van der Waals surface area contributed by atoms with Crippen molar-refractivity contribution >= 4 is 55.3 Å². The molecule has 0 aliphatic rings. The molecular weight excluding hydrogens is 492 g/mol. The number of thiazole rings is 1. The Hall–Kier alpha value is -3.49. The summed E-state index contributed by atoms with van der Waals surface area (Å²) in [5.74, 6) is -0.350. The highest BCUT2D eigenvalue weighted by Gasteiger charge is 2.12. The van der Waals surface area contributed by atoms with Gasteiger partial charge in [-0.25, -0.2) is 14.2 Å². The van der Waals surface area contributed by atoms with Crippen LogP contribution in [0.3, 0.4) is 0 Å². The fourth-order valence-corrected chi connectivity index (χ4v) is 4.78. The number of hydrogen-bond donors (Lipinski definition) is 1. The molecule has 3 aromatic carbocycles. The number of hydrogen-bond acceptors (Lipinski definition) is 5. The number of benzene rings is 3. The van der Waals surface area contributed by atoms with Gasteiger partial charge in [-0.15, -0.1) is 0 Å². The molecule has 0 atom stereocenters. The Morgan fingerprint density at radius 2 is 1.91 bits per heavy atom. The summed E-state index contributed by atoms with van der Waals surface area (Å²) in [6, 6.07) is 19.7. The largest absolute Gasteiger partial charge is 0.488 e. The second kappa shape index (κ2) is 8.22. The fourth-order valence-electron chi connectivity index (χ4n) is 3.42. The van der Waals surface area contributed by atoms with Crippen LogP contribution in [0.1, 0.15) is 21.5 Å². The zero-order valence-corrected chi connectivity index (χ0v) is 18.9. The molecule has 0 spiro atoms. The lowest BCUT2D eigenvalue weighted by Crippen LogP contribution is -2.22. The summed E-state index contributed by atoms with van der Waals surface area (Å²) < 4.78 is 9.05. The first-order valence-corrected chi connectivity index (χ1v) is 11.3. The van der Waals surface area contributed by atoms with Crippen molar-refractivity contribution in [3.05, 3.63) is 103 Å². The van der Waals surface area contributed by atoms with E-state index in [1.807, 2.05) is 48.5 Å². The van der Waals surface area contributed by atoms with Crippen molar-refractivity contribution in [3.8, 4) is 5.75 Å². The van der Waals surface area contributed by atoms with Gasteiger partial charge in [0.25, 0.3) is 5.56 Å². The highest BCUT2D eigenvalue weighted by atomic mass is 79.9. The smallest absolute Gasteiger partial charge is 0.335 e.